The number of nitriles is 1. The summed E-state index contributed by atoms with van der Waals surface area (Å²) in [6.07, 6.45) is 4.45. The van der Waals surface area contributed by atoms with Gasteiger partial charge in [0.05, 0.1) is 30.5 Å². The molecule has 0 saturated heterocycles. The summed E-state index contributed by atoms with van der Waals surface area (Å²) >= 11 is 0. The van der Waals surface area contributed by atoms with Gasteiger partial charge in [-0.3, -0.25) is 0 Å². The van der Waals surface area contributed by atoms with Gasteiger partial charge in [-0.05, 0) is 48.9 Å². The van der Waals surface area contributed by atoms with Crippen LogP contribution in [0.25, 0.3) is 0 Å². The number of fused-ring (bicyclic) bond motifs is 1. The van der Waals surface area contributed by atoms with Gasteiger partial charge in [0.25, 0.3) is 0 Å². The molecule has 3 aromatic rings. The highest BCUT2D eigenvalue weighted by Gasteiger charge is 2.16. The average Bonchev–Trinajstić information content (AvgIpc) is 2.83. The van der Waals surface area contributed by atoms with Crippen LogP contribution in [0.3, 0.4) is 0 Å². The lowest BCUT2D eigenvalue weighted by Crippen LogP contribution is -2.41. The van der Waals surface area contributed by atoms with Crippen molar-refractivity contribution < 1.29 is 4.74 Å². The Hall–Kier alpha value is -3.63. The molecule has 0 bridgehead atoms. The third-order valence-electron chi connectivity index (χ3n) is 4.60. The predicted molar refractivity (Wildman–Crippen MR) is 119 cm³/mol. The summed E-state index contributed by atoms with van der Waals surface area (Å²) in [7, 11) is 1.60. The van der Waals surface area contributed by atoms with E-state index in [-0.39, 0.29) is 0 Å². The molecule has 3 heterocycles. The fourth-order valence-electron chi connectivity index (χ4n) is 2.99. The number of hydrogen-bond donors (Lipinski definition) is 3. The molecule has 0 fully saturated rings. The Bertz CT molecular complexity index is 940. The molecule has 1 aliphatic rings. The van der Waals surface area contributed by atoms with Crippen molar-refractivity contribution >= 4 is 11.5 Å². The van der Waals surface area contributed by atoms with Gasteiger partial charge in [-0.25, -0.2) is 9.97 Å². The molecular weight excluding hydrogens is 376 g/mol. The third-order valence-corrected chi connectivity index (χ3v) is 4.60. The predicted octanol–water partition coefficient (Wildman–Crippen LogP) is 3.08. The van der Waals surface area contributed by atoms with Gasteiger partial charge in [0.2, 0.25) is 5.88 Å². The molecule has 0 spiro atoms. The number of anilines is 2. The Morgan fingerprint density at radius 1 is 1.10 bits per heavy atom. The normalized spacial score (nSPS) is 14.1. The fourth-order valence-corrected chi connectivity index (χ4v) is 2.99. The van der Waals surface area contributed by atoms with Gasteiger partial charge in [-0.2, -0.15) is 5.26 Å². The van der Waals surface area contributed by atoms with E-state index in [2.05, 4.69) is 32.0 Å². The van der Waals surface area contributed by atoms with Crippen molar-refractivity contribution in [1.29, 1.82) is 5.26 Å². The minimum Gasteiger partial charge on any atom is -0.481 e. The Morgan fingerprint density at radius 2 is 1.93 bits per heavy atom. The van der Waals surface area contributed by atoms with Gasteiger partial charge in [0.15, 0.2) is 0 Å². The Morgan fingerprint density at radius 3 is 2.63 bits per heavy atom. The van der Waals surface area contributed by atoms with Crippen molar-refractivity contribution in [3.63, 3.8) is 0 Å². The molecule has 1 unspecified atom stereocenters. The summed E-state index contributed by atoms with van der Waals surface area (Å²) < 4.78 is 4.80. The number of nitrogens with one attached hydrogen (secondary N) is 3. The van der Waals surface area contributed by atoms with Crippen LogP contribution in [0.2, 0.25) is 0 Å². The van der Waals surface area contributed by atoms with Crippen molar-refractivity contribution in [3.05, 3.63) is 78.1 Å². The fraction of sp³-hybridized carbons (Fsp3) is 0.261. The maximum absolute atomic E-state index is 8.78. The Labute approximate surface area is 177 Å². The van der Waals surface area contributed by atoms with Crippen LogP contribution in [0, 0.1) is 11.3 Å². The molecule has 0 saturated carbocycles. The van der Waals surface area contributed by atoms with Crippen LogP contribution >= 0.6 is 0 Å². The van der Waals surface area contributed by atoms with Crippen LogP contribution in [0.15, 0.2) is 67.0 Å². The third kappa shape index (κ3) is 6.47. The summed E-state index contributed by atoms with van der Waals surface area (Å²) in [4.78, 5) is 8.21. The molecule has 1 atom stereocenters. The van der Waals surface area contributed by atoms with E-state index in [1.165, 1.54) is 5.56 Å². The topological polar surface area (TPSA) is 94.9 Å². The molecule has 154 valence electrons. The van der Waals surface area contributed by atoms with Crippen molar-refractivity contribution in [3.8, 4) is 11.9 Å². The van der Waals surface area contributed by atoms with E-state index in [0.29, 0.717) is 17.5 Å². The smallest absolute Gasteiger partial charge is 0.212 e. The van der Waals surface area contributed by atoms with Crippen LogP contribution in [0.1, 0.15) is 11.1 Å². The SMILES string of the molecule is COc1ccccn1.N#Cc1ccc(CCNCC2CNc3cccnc3N2)cc1. The van der Waals surface area contributed by atoms with Crippen molar-refractivity contribution in [1.82, 2.24) is 15.3 Å². The number of rotatable bonds is 6. The zero-order valence-electron chi connectivity index (χ0n) is 17.0. The minimum absolute atomic E-state index is 0.336. The van der Waals surface area contributed by atoms with E-state index in [1.807, 2.05) is 48.5 Å². The molecule has 0 aliphatic carbocycles. The van der Waals surface area contributed by atoms with Crippen LogP contribution in [-0.2, 0) is 6.42 Å². The summed E-state index contributed by atoms with van der Waals surface area (Å²) in [6.45, 7) is 2.70. The first kappa shape index (κ1) is 21.1. The second kappa shape index (κ2) is 11.4. The van der Waals surface area contributed by atoms with Gasteiger partial charge in [0.1, 0.15) is 5.82 Å². The molecule has 4 rings (SSSR count). The lowest BCUT2D eigenvalue weighted by atomic mass is 10.1. The van der Waals surface area contributed by atoms with Gasteiger partial charge >= 0.3 is 0 Å². The summed E-state index contributed by atoms with van der Waals surface area (Å²) in [5.41, 5.74) is 3.02. The Balaban J connectivity index is 0.000000269. The molecule has 7 heteroatoms. The molecule has 7 nitrogen and oxygen atoms in total. The minimum atomic E-state index is 0.336. The second-order valence-electron chi connectivity index (χ2n) is 6.76. The van der Waals surface area contributed by atoms with Crippen LogP contribution in [-0.4, -0.2) is 42.8 Å². The number of nitrogens with zero attached hydrogens (tertiary/aromatic N) is 3. The van der Waals surface area contributed by atoms with E-state index in [0.717, 1.165) is 37.6 Å². The van der Waals surface area contributed by atoms with E-state index in [9.17, 15) is 0 Å². The summed E-state index contributed by atoms with van der Waals surface area (Å²) in [5, 5.41) is 19.1. The molecule has 0 amide bonds. The zero-order chi connectivity index (χ0) is 21.0. The van der Waals surface area contributed by atoms with Crippen molar-refractivity contribution in [2.24, 2.45) is 0 Å². The molecule has 3 N–H and O–H groups in total. The number of methoxy groups -OCH3 is 1. The number of pyridine rings is 2. The molecule has 30 heavy (non-hydrogen) atoms. The van der Waals surface area contributed by atoms with Crippen molar-refractivity contribution in [2.75, 3.05) is 37.4 Å². The van der Waals surface area contributed by atoms with E-state index >= 15 is 0 Å². The van der Waals surface area contributed by atoms with Crippen LogP contribution in [0.5, 0.6) is 5.88 Å². The highest BCUT2D eigenvalue weighted by molar-refractivity contribution is 5.66. The van der Waals surface area contributed by atoms with Gasteiger partial charge < -0.3 is 20.7 Å². The standard InChI is InChI=1S/C17H19N5.C6H7NO/c18-10-14-5-3-13(4-6-14)7-9-19-11-15-12-21-16-2-1-8-20-17(16)22-15;1-8-6-4-2-3-5-7-6/h1-6,8,15,19,21H,7,9,11-12H2,(H,20,22);2-5H,1H3. The van der Waals surface area contributed by atoms with Gasteiger partial charge in [-0.15, -0.1) is 0 Å². The van der Waals surface area contributed by atoms with E-state index < -0.39 is 0 Å². The summed E-state index contributed by atoms with van der Waals surface area (Å²) in [6, 6.07) is 19.7. The number of benzene rings is 1. The largest absolute Gasteiger partial charge is 0.481 e. The Kier molecular flexibility index (Phi) is 8.01. The monoisotopic (exact) mass is 402 g/mol. The highest BCUT2D eigenvalue weighted by atomic mass is 16.5. The van der Waals surface area contributed by atoms with Crippen LogP contribution in [0.4, 0.5) is 11.5 Å². The zero-order valence-corrected chi connectivity index (χ0v) is 17.0. The quantitative estimate of drug-likeness (QED) is 0.546. The van der Waals surface area contributed by atoms with Crippen molar-refractivity contribution in [2.45, 2.75) is 12.5 Å². The first-order chi connectivity index (χ1) is 14.8. The van der Waals surface area contributed by atoms with Gasteiger partial charge in [-0.1, -0.05) is 18.2 Å². The van der Waals surface area contributed by atoms with Gasteiger partial charge in [0, 0.05) is 31.5 Å². The second-order valence-corrected chi connectivity index (χ2v) is 6.76. The molecule has 2 aromatic heterocycles. The maximum atomic E-state index is 8.78. The van der Waals surface area contributed by atoms with E-state index in [1.54, 1.807) is 25.6 Å². The molecule has 1 aliphatic heterocycles. The highest BCUT2D eigenvalue weighted by Crippen LogP contribution is 2.22. The average molecular weight is 403 g/mol. The number of ether oxygens (including phenoxy) is 1. The lowest BCUT2D eigenvalue weighted by molar-refractivity contribution is 0.398. The number of aromatic nitrogens is 2. The first-order valence-corrected chi connectivity index (χ1v) is 9.88. The van der Waals surface area contributed by atoms with E-state index in [4.69, 9.17) is 10.00 Å². The molecular formula is C23H26N6O. The maximum Gasteiger partial charge on any atom is 0.212 e. The van der Waals surface area contributed by atoms with Crippen LogP contribution < -0.4 is 20.7 Å². The number of hydrogen-bond acceptors (Lipinski definition) is 7. The first-order valence-electron chi connectivity index (χ1n) is 9.88. The molecule has 0 radical (unpaired) electrons. The molecule has 1 aromatic carbocycles. The summed E-state index contributed by atoms with van der Waals surface area (Å²) in [5.74, 6) is 1.58. The lowest BCUT2D eigenvalue weighted by Gasteiger charge is -2.27.